The number of nitrogens with zero attached hydrogens (tertiary/aromatic N) is 4. The van der Waals surface area contributed by atoms with E-state index in [-0.39, 0.29) is 11.2 Å². The van der Waals surface area contributed by atoms with Gasteiger partial charge in [0.1, 0.15) is 5.25 Å². The molecule has 2 aromatic carbocycles. The first kappa shape index (κ1) is 19.2. The summed E-state index contributed by atoms with van der Waals surface area (Å²) in [4.78, 5) is 14.4. The quantitative estimate of drug-likeness (QED) is 0.602. The fraction of sp³-hybridized carbons (Fsp3) is 0.286. The molecule has 0 saturated carbocycles. The smallest absolute Gasteiger partial charge is 0.240 e. The molecule has 1 amide bonds. The van der Waals surface area contributed by atoms with Crippen LogP contribution in [-0.4, -0.2) is 39.7 Å². The van der Waals surface area contributed by atoms with Crippen LogP contribution in [0.2, 0.25) is 0 Å². The Bertz CT molecular complexity index is 921. The van der Waals surface area contributed by atoms with Gasteiger partial charge in [-0.05, 0) is 25.5 Å². The highest BCUT2D eigenvalue weighted by Gasteiger charge is 2.26. The number of amides is 1. The maximum absolute atomic E-state index is 12.8. The number of thioether (sulfide) groups is 1. The van der Waals surface area contributed by atoms with Gasteiger partial charge in [0.2, 0.25) is 5.91 Å². The van der Waals surface area contributed by atoms with Gasteiger partial charge in [-0.25, -0.2) is 0 Å². The van der Waals surface area contributed by atoms with Gasteiger partial charge in [0.15, 0.2) is 11.0 Å². The molecule has 0 N–H and O–H groups in total. The van der Waals surface area contributed by atoms with Crippen LogP contribution < -0.4 is 0 Å². The Kier molecular flexibility index (Phi) is 5.96. The van der Waals surface area contributed by atoms with Crippen LogP contribution in [0.1, 0.15) is 23.3 Å². The standard InChI is InChI=1S/C21H24N4OS/c1-5-25-19(17-13-9-10-15(2)14-17)22-23-21(25)27-18(20(26)24(3)4)16-11-7-6-8-12-16/h6-14,18H,5H2,1-4H3. The summed E-state index contributed by atoms with van der Waals surface area (Å²) >= 11 is 1.45. The van der Waals surface area contributed by atoms with Gasteiger partial charge in [0.25, 0.3) is 0 Å². The van der Waals surface area contributed by atoms with Gasteiger partial charge in [0.05, 0.1) is 0 Å². The van der Waals surface area contributed by atoms with E-state index in [0.29, 0.717) is 0 Å². The van der Waals surface area contributed by atoms with E-state index >= 15 is 0 Å². The van der Waals surface area contributed by atoms with Crippen LogP contribution in [0.15, 0.2) is 59.8 Å². The second-order valence-electron chi connectivity index (χ2n) is 6.56. The van der Waals surface area contributed by atoms with E-state index in [0.717, 1.165) is 28.7 Å². The summed E-state index contributed by atoms with van der Waals surface area (Å²) < 4.78 is 2.07. The first-order valence-corrected chi connectivity index (χ1v) is 9.82. The van der Waals surface area contributed by atoms with Crippen molar-refractivity contribution in [1.82, 2.24) is 19.7 Å². The second-order valence-corrected chi connectivity index (χ2v) is 7.63. The van der Waals surface area contributed by atoms with E-state index in [9.17, 15) is 4.79 Å². The molecular formula is C21H24N4OS. The van der Waals surface area contributed by atoms with Crippen LogP contribution >= 0.6 is 11.8 Å². The molecule has 27 heavy (non-hydrogen) atoms. The average molecular weight is 381 g/mol. The fourth-order valence-corrected chi connectivity index (χ4v) is 4.13. The fourth-order valence-electron chi connectivity index (χ4n) is 2.89. The van der Waals surface area contributed by atoms with Crippen molar-refractivity contribution >= 4 is 17.7 Å². The van der Waals surface area contributed by atoms with Crippen molar-refractivity contribution in [3.63, 3.8) is 0 Å². The summed E-state index contributed by atoms with van der Waals surface area (Å²) in [5.74, 6) is 0.863. The predicted octanol–water partition coefficient (Wildman–Crippen LogP) is 4.20. The number of hydrogen-bond acceptors (Lipinski definition) is 4. The molecule has 5 nitrogen and oxygen atoms in total. The molecule has 3 aromatic rings. The summed E-state index contributed by atoms with van der Waals surface area (Å²) in [6.45, 7) is 4.86. The van der Waals surface area contributed by atoms with E-state index in [1.54, 1.807) is 19.0 Å². The van der Waals surface area contributed by atoms with Gasteiger partial charge in [0, 0.05) is 26.2 Å². The topological polar surface area (TPSA) is 51.0 Å². The van der Waals surface area contributed by atoms with E-state index < -0.39 is 0 Å². The number of carbonyl (C=O) groups excluding carboxylic acids is 1. The average Bonchev–Trinajstić information content (AvgIpc) is 3.08. The van der Waals surface area contributed by atoms with Crippen molar-refractivity contribution < 1.29 is 4.79 Å². The van der Waals surface area contributed by atoms with Crippen LogP contribution in [0.5, 0.6) is 0 Å². The van der Waals surface area contributed by atoms with Crippen molar-refractivity contribution in [2.75, 3.05) is 14.1 Å². The Morgan fingerprint density at radius 2 is 1.85 bits per heavy atom. The van der Waals surface area contributed by atoms with Gasteiger partial charge < -0.3 is 9.47 Å². The normalized spacial score (nSPS) is 12.0. The SMILES string of the molecule is CCn1c(SC(C(=O)N(C)C)c2ccccc2)nnc1-c1cccc(C)c1. The molecule has 1 heterocycles. The van der Waals surface area contributed by atoms with E-state index in [2.05, 4.69) is 40.7 Å². The van der Waals surface area contributed by atoms with Gasteiger partial charge in [-0.1, -0.05) is 65.9 Å². The van der Waals surface area contributed by atoms with Crippen molar-refractivity contribution in [3.05, 3.63) is 65.7 Å². The van der Waals surface area contributed by atoms with E-state index in [1.807, 2.05) is 42.5 Å². The number of benzene rings is 2. The molecule has 1 unspecified atom stereocenters. The maximum atomic E-state index is 12.8. The second kappa shape index (κ2) is 8.39. The Hall–Kier alpha value is -2.60. The molecule has 6 heteroatoms. The molecule has 1 aromatic heterocycles. The van der Waals surface area contributed by atoms with Crippen molar-refractivity contribution in [2.45, 2.75) is 30.8 Å². The van der Waals surface area contributed by atoms with Crippen LogP contribution in [0.4, 0.5) is 0 Å². The largest absolute Gasteiger partial charge is 0.348 e. The highest BCUT2D eigenvalue weighted by molar-refractivity contribution is 8.00. The minimum absolute atomic E-state index is 0.0361. The Morgan fingerprint density at radius 3 is 2.48 bits per heavy atom. The Morgan fingerprint density at radius 1 is 1.11 bits per heavy atom. The summed E-state index contributed by atoms with van der Waals surface area (Å²) in [6.07, 6.45) is 0. The van der Waals surface area contributed by atoms with Crippen LogP contribution in [-0.2, 0) is 11.3 Å². The molecule has 140 valence electrons. The van der Waals surface area contributed by atoms with Crippen LogP contribution in [0.3, 0.4) is 0 Å². The molecule has 0 saturated heterocycles. The van der Waals surface area contributed by atoms with E-state index in [1.165, 1.54) is 17.3 Å². The van der Waals surface area contributed by atoms with Crippen molar-refractivity contribution in [2.24, 2.45) is 0 Å². The Labute approximate surface area is 164 Å². The number of aryl methyl sites for hydroxylation is 1. The summed E-state index contributed by atoms with van der Waals surface area (Å²) in [7, 11) is 3.56. The molecule has 1 atom stereocenters. The van der Waals surface area contributed by atoms with Crippen molar-refractivity contribution in [1.29, 1.82) is 0 Å². The monoisotopic (exact) mass is 380 g/mol. The predicted molar refractivity (Wildman–Crippen MR) is 110 cm³/mol. The minimum Gasteiger partial charge on any atom is -0.348 e. The van der Waals surface area contributed by atoms with Gasteiger partial charge in [-0.15, -0.1) is 10.2 Å². The summed E-state index contributed by atoms with van der Waals surface area (Å²) in [5.41, 5.74) is 3.17. The molecule has 0 radical (unpaired) electrons. The Balaban J connectivity index is 1.98. The first-order chi connectivity index (χ1) is 13.0. The highest BCUT2D eigenvalue weighted by Crippen LogP contribution is 2.37. The van der Waals surface area contributed by atoms with Crippen molar-refractivity contribution in [3.8, 4) is 11.4 Å². The molecular weight excluding hydrogens is 356 g/mol. The van der Waals surface area contributed by atoms with E-state index in [4.69, 9.17) is 0 Å². The minimum atomic E-state index is -0.360. The molecule has 0 aliphatic carbocycles. The van der Waals surface area contributed by atoms with Gasteiger partial charge in [-0.2, -0.15) is 0 Å². The van der Waals surface area contributed by atoms with Crippen LogP contribution in [0.25, 0.3) is 11.4 Å². The number of rotatable bonds is 6. The number of carbonyl (C=O) groups is 1. The summed E-state index contributed by atoms with van der Waals surface area (Å²) in [5, 5.41) is 9.21. The maximum Gasteiger partial charge on any atom is 0.240 e. The third kappa shape index (κ3) is 4.22. The van der Waals surface area contributed by atoms with Gasteiger partial charge in [-0.3, -0.25) is 4.79 Å². The van der Waals surface area contributed by atoms with Gasteiger partial charge >= 0.3 is 0 Å². The molecule has 0 bridgehead atoms. The number of aromatic nitrogens is 3. The third-order valence-corrected chi connectivity index (χ3v) is 5.52. The number of likely N-dealkylation sites (N-methyl/N-ethyl adjacent to an activating group) is 1. The zero-order valence-electron chi connectivity index (χ0n) is 16.1. The first-order valence-electron chi connectivity index (χ1n) is 8.94. The molecule has 0 aliphatic heterocycles. The lowest BCUT2D eigenvalue weighted by atomic mass is 10.1. The molecule has 3 rings (SSSR count). The lowest BCUT2D eigenvalue weighted by molar-refractivity contribution is -0.128. The summed E-state index contributed by atoms with van der Waals surface area (Å²) in [6, 6.07) is 18.0. The molecule has 0 spiro atoms. The highest BCUT2D eigenvalue weighted by atomic mass is 32.2. The molecule has 0 fully saturated rings. The zero-order valence-corrected chi connectivity index (χ0v) is 16.9. The lowest BCUT2D eigenvalue weighted by Crippen LogP contribution is -2.27. The molecule has 0 aliphatic rings. The zero-order chi connectivity index (χ0) is 19.4. The lowest BCUT2D eigenvalue weighted by Gasteiger charge is -2.20. The third-order valence-electron chi connectivity index (χ3n) is 4.30. The van der Waals surface area contributed by atoms with Crippen LogP contribution in [0, 0.1) is 6.92 Å². The number of hydrogen-bond donors (Lipinski definition) is 0.